The van der Waals surface area contributed by atoms with Crippen molar-refractivity contribution in [2.45, 2.75) is 13.5 Å². The summed E-state index contributed by atoms with van der Waals surface area (Å²) >= 11 is 0. The minimum absolute atomic E-state index is 0.417. The Balaban J connectivity index is 2.10. The predicted molar refractivity (Wildman–Crippen MR) is 72.1 cm³/mol. The third-order valence-corrected chi connectivity index (χ3v) is 2.86. The van der Waals surface area contributed by atoms with E-state index in [2.05, 4.69) is 6.07 Å². The third-order valence-electron chi connectivity index (χ3n) is 2.86. The van der Waals surface area contributed by atoms with Crippen molar-refractivity contribution in [1.29, 1.82) is 5.26 Å². The van der Waals surface area contributed by atoms with Gasteiger partial charge in [0.15, 0.2) is 0 Å². The Morgan fingerprint density at radius 1 is 1.26 bits per heavy atom. The van der Waals surface area contributed by atoms with Gasteiger partial charge in [0.2, 0.25) is 0 Å². The molecule has 3 heteroatoms. The lowest BCUT2D eigenvalue weighted by molar-refractivity contribution is 0.112. The van der Waals surface area contributed by atoms with Crippen LogP contribution in [0.1, 0.15) is 27.0 Å². The van der Waals surface area contributed by atoms with E-state index in [9.17, 15) is 4.79 Å². The maximum absolute atomic E-state index is 10.7. The van der Waals surface area contributed by atoms with Gasteiger partial charge in [-0.15, -0.1) is 0 Å². The maximum Gasteiger partial charge on any atom is 0.150 e. The summed E-state index contributed by atoms with van der Waals surface area (Å²) in [5, 5.41) is 8.80. The molecule has 0 N–H and O–H groups in total. The van der Waals surface area contributed by atoms with E-state index >= 15 is 0 Å². The van der Waals surface area contributed by atoms with Crippen LogP contribution in [0.3, 0.4) is 0 Å². The standard InChI is InChI=1S/C16H13NO2/c1-12-7-13(9-17)5-6-15(12)11-19-16-4-2-3-14(8-16)10-18/h2-8,10H,11H2,1H3. The van der Waals surface area contributed by atoms with Crippen molar-refractivity contribution in [3.63, 3.8) is 0 Å². The van der Waals surface area contributed by atoms with Crippen LogP contribution in [0.5, 0.6) is 5.75 Å². The molecule has 0 radical (unpaired) electrons. The fraction of sp³-hybridized carbons (Fsp3) is 0.125. The first-order valence-corrected chi connectivity index (χ1v) is 5.90. The number of aryl methyl sites for hydroxylation is 1. The first-order chi connectivity index (χ1) is 9.22. The van der Waals surface area contributed by atoms with Gasteiger partial charge in [-0.25, -0.2) is 0 Å². The summed E-state index contributed by atoms with van der Waals surface area (Å²) in [7, 11) is 0. The molecule has 0 atom stereocenters. The Kier molecular flexibility index (Phi) is 3.94. The second-order valence-corrected chi connectivity index (χ2v) is 4.23. The average Bonchev–Trinajstić information content (AvgIpc) is 2.46. The molecular formula is C16H13NO2. The van der Waals surface area contributed by atoms with Gasteiger partial charge in [0.25, 0.3) is 0 Å². The fourth-order valence-corrected chi connectivity index (χ4v) is 1.77. The number of carbonyl (C=O) groups is 1. The molecule has 2 rings (SSSR count). The van der Waals surface area contributed by atoms with Crippen LogP contribution in [0.25, 0.3) is 0 Å². The van der Waals surface area contributed by atoms with Crippen LogP contribution in [0.2, 0.25) is 0 Å². The number of nitriles is 1. The second-order valence-electron chi connectivity index (χ2n) is 4.23. The van der Waals surface area contributed by atoms with E-state index in [0.29, 0.717) is 23.5 Å². The molecule has 94 valence electrons. The largest absolute Gasteiger partial charge is 0.489 e. The molecule has 19 heavy (non-hydrogen) atoms. The number of rotatable bonds is 4. The molecule has 0 fully saturated rings. The number of carbonyl (C=O) groups excluding carboxylic acids is 1. The number of benzene rings is 2. The SMILES string of the molecule is Cc1cc(C#N)ccc1COc1cccc(C=O)c1. The Hall–Kier alpha value is -2.60. The van der Waals surface area contributed by atoms with Crippen LogP contribution in [0.15, 0.2) is 42.5 Å². The van der Waals surface area contributed by atoms with Crippen molar-refractivity contribution in [1.82, 2.24) is 0 Å². The van der Waals surface area contributed by atoms with Gasteiger partial charge < -0.3 is 4.74 Å². The van der Waals surface area contributed by atoms with Crippen LogP contribution in [0, 0.1) is 18.3 Å². The summed E-state index contributed by atoms with van der Waals surface area (Å²) in [6, 6.07) is 14.6. The van der Waals surface area contributed by atoms with E-state index < -0.39 is 0 Å². The Labute approximate surface area is 112 Å². The van der Waals surface area contributed by atoms with Gasteiger partial charge in [-0.2, -0.15) is 5.26 Å². The average molecular weight is 251 g/mol. The smallest absolute Gasteiger partial charge is 0.150 e. The summed E-state index contributed by atoms with van der Waals surface area (Å²) in [6.07, 6.45) is 0.791. The van der Waals surface area contributed by atoms with Gasteiger partial charge in [-0.1, -0.05) is 18.2 Å². The summed E-state index contributed by atoms with van der Waals surface area (Å²) in [4.78, 5) is 10.7. The molecule has 0 aliphatic heterocycles. The van der Waals surface area contributed by atoms with Gasteiger partial charge in [0, 0.05) is 5.56 Å². The van der Waals surface area contributed by atoms with Gasteiger partial charge in [-0.3, -0.25) is 4.79 Å². The van der Waals surface area contributed by atoms with Crippen molar-refractivity contribution in [3.05, 3.63) is 64.7 Å². The first kappa shape index (κ1) is 12.8. The zero-order chi connectivity index (χ0) is 13.7. The number of ether oxygens (including phenoxy) is 1. The Bertz CT molecular complexity index is 641. The summed E-state index contributed by atoms with van der Waals surface area (Å²) in [6.45, 7) is 2.36. The van der Waals surface area contributed by atoms with E-state index in [4.69, 9.17) is 10.00 Å². The van der Waals surface area contributed by atoms with Crippen molar-refractivity contribution in [3.8, 4) is 11.8 Å². The molecule has 0 aliphatic carbocycles. The number of aldehydes is 1. The molecule has 0 bridgehead atoms. The third kappa shape index (κ3) is 3.20. The Morgan fingerprint density at radius 2 is 2.11 bits per heavy atom. The second kappa shape index (κ2) is 5.83. The lowest BCUT2D eigenvalue weighted by Crippen LogP contribution is -1.98. The van der Waals surface area contributed by atoms with Crippen molar-refractivity contribution < 1.29 is 9.53 Å². The van der Waals surface area contributed by atoms with E-state index in [1.54, 1.807) is 24.3 Å². The molecule has 0 spiro atoms. The van der Waals surface area contributed by atoms with Crippen molar-refractivity contribution in [2.24, 2.45) is 0 Å². The summed E-state index contributed by atoms with van der Waals surface area (Å²) in [5.74, 6) is 0.661. The highest BCUT2D eigenvalue weighted by Crippen LogP contribution is 2.16. The molecule has 0 aliphatic rings. The van der Waals surface area contributed by atoms with Crippen LogP contribution in [-0.2, 0) is 6.61 Å². The van der Waals surface area contributed by atoms with Crippen LogP contribution in [0.4, 0.5) is 0 Å². The molecule has 2 aromatic carbocycles. The number of nitrogens with zero attached hydrogens (tertiary/aromatic N) is 1. The van der Waals surface area contributed by atoms with E-state index in [1.165, 1.54) is 0 Å². The molecule has 0 heterocycles. The normalized spacial score (nSPS) is 9.68. The maximum atomic E-state index is 10.7. The van der Waals surface area contributed by atoms with Crippen LogP contribution >= 0.6 is 0 Å². The highest BCUT2D eigenvalue weighted by atomic mass is 16.5. The molecule has 0 saturated carbocycles. The van der Waals surface area contributed by atoms with E-state index in [0.717, 1.165) is 17.4 Å². The Morgan fingerprint density at radius 3 is 2.79 bits per heavy atom. The molecular weight excluding hydrogens is 238 g/mol. The number of hydrogen-bond donors (Lipinski definition) is 0. The first-order valence-electron chi connectivity index (χ1n) is 5.90. The minimum Gasteiger partial charge on any atom is -0.489 e. The fourth-order valence-electron chi connectivity index (χ4n) is 1.77. The van der Waals surface area contributed by atoms with Crippen LogP contribution in [-0.4, -0.2) is 6.29 Å². The van der Waals surface area contributed by atoms with Gasteiger partial charge in [-0.05, 0) is 42.3 Å². The molecule has 0 aromatic heterocycles. The molecule has 3 nitrogen and oxygen atoms in total. The van der Waals surface area contributed by atoms with Gasteiger partial charge in [0.05, 0.1) is 11.6 Å². The predicted octanol–water partition coefficient (Wildman–Crippen LogP) is 3.26. The van der Waals surface area contributed by atoms with Crippen molar-refractivity contribution in [2.75, 3.05) is 0 Å². The summed E-state index contributed by atoms with van der Waals surface area (Å²) < 4.78 is 5.65. The minimum atomic E-state index is 0.417. The van der Waals surface area contributed by atoms with Crippen LogP contribution < -0.4 is 4.74 Å². The number of hydrogen-bond acceptors (Lipinski definition) is 3. The van der Waals surface area contributed by atoms with E-state index in [1.807, 2.05) is 25.1 Å². The zero-order valence-corrected chi connectivity index (χ0v) is 10.6. The van der Waals surface area contributed by atoms with Gasteiger partial charge >= 0.3 is 0 Å². The van der Waals surface area contributed by atoms with E-state index in [-0.39, 0.29) is 0 Å². The monoisotopic (exact) mass is 251 g/mol. The lowest BCUT2D eigenvalue weighted by Gasteiger charge is -2.09. The topological polar surface area (TPSA) is 50.1 Å². The lowest BCUT2D eigenvalue weighted by atomic mass is 10.1. The molecule has 2 aromatic rings. The highest BCUT2D eigenvalue weighted by Gasteiger charge is 2.02. The molecule has 0 amide bonds. The van der Waals surface area contributed by atoms with Crippen molar-refractivity contribution >= 4 is 6.29 Å². The highest BCUT2D eigenvalue weighted by molar-refractivity contribution is 5.75. The molecule has 0 unspecified atom stereocenters. The van der Waals surface area contributed by atoms with Gasteiger partial charge in [0.1, 0.15) is 18.6 Å². The quantitative estimate of drug-likeness (QED) is 0.784. The summed E-state index contributed by atoms with van der Waals surface area (Å²) in [5.41, 5.74) is 3.28. The zero-order valence-electron chi connectivity index (χ0n) is 10.6. The molecule has 0 saturated heterocycles.